The SMILES string of the molecule is Cc1cncc(NC(=O)N2CCC(=Cc3cccc(Oc4ccc(Cl)cn4)c3)C(C)C2)c1. The van der Waals surface area contributed by atoms with Crippen molar-refractivity contribution in [2.75, 3.05) is 18.4 Å². The molecule has 0 radical (unpaired) electrons. The third-order valence-electron chi connectivity index (χ3n) is 5.34. The van der Waals surface area contributed by atoms with E-state index in [4.69, 9.17) is 16.3 Å². The Morgan fingerprint density at radius 2 is 2.09 bits per heavy atom. The molecule has 0 aliphatic carbocycles. The lowest BCUT2D eigenvalue weighted by Gasteiger charge is -2.33. The van der Waals surface area contributed by atoms with Gasteiger partial charge in [0.15, 0.2) is 0 Å². The molecule has 4 rings (SSSR count). The number of benzene rings is 1. The molecule has 7 heteroatoms. The average Bonchev–Trinajstić information content (AvgIpc) is 2.77. The van der Waals surface area contributed by atoms with E-state index in [1.165, 1.54) is 5.57 Å². The van der Waals surface area contributed by atoms with Crippen LogP contribution in [0, 0.1) is 12.8 Å². The monoisotopic (exact) mass is 448 g/mol. The highest BCUT2D eigenvalue weighted by molar-refractivity contribution is 6.30. The number of anilines is 1. The summed E-state index contributed by atoms with van der Waals surface area (Å²) in [5, 5.41) is 3.52. The number of carbonyl (C=O) groups excluding carboxylic acids is 1. The van der Waals surface area contributed by atoms with Crippen LogP contribution in [0.3, 0.4) is 0 Å². The van der Waals surface area contributed by atoms with Crippen LogP contribution in [0.15, 0.2) is 66.6 Å². The highest BCUT2D eigenvalue weighted by Crippen LogP contribution is 2.28. The van der Waals surface area contributed by atoms with E-state index in [0.717, 1.165) is 23.2 Å². The van der Waals surface area contributed by atoms with E-state index in [9.17, 15) is 4.79 Å². The van der Waals surface area contributed by atoms with Crippen LogP contribution in [-0.4, -0.2) is 34.0 Å². The number of aromatic nitrogens is 2. The summed E-state index contributed by atoms with van der Waals surface area (Å²) in [7, 11) is 0. The van der Waals surface area contributed by atoms with Crippen molar-refractivity contribution < 1.29 is 9.53 Å². The van der Waals surface area contributed by atoms with E-state index in [1.54, 1.807) is 30.7 Å². The zero-order chi connectivity index (χ0) is 22.5. The topological polar surface area (TPSA) is 67.4 Å². The molecule has 2 aromatic heterocycles. The zero-order valence-electron chi connectivity index (χ0n) is 18.1. The van der Waals surface area contributed by atoms with Gasteiger partial charge in [0.25, 0.3) is 0 Å². The standard InChI is InChI=1S/C25H25ClN4O2/c1-17-10-22(15-27-13-17)29-25(31)30-9-8-20(18(2)16-30)11-19-4-3-5-23(12-19)32-24-7-6-21(26)14-28-24/h3-7,10-15,18H,8-9,16H2,1-2H3,(H,29,31). The number of rotatable bonds is 4. The fraction of sp³-hybridized carbons (Fsp3) is 0.240. The molecule has 32 heavy (non-hydrogen) atoms. The lowest BCUT2D eigenvalue weighted by molar-refractivity contribution is 0.198. The summed E-state index contributed by atoms with van der Waals surface area (Å²) in [5.74, 6) is 1.47. The fourth-order valence-corrected chi connectivity index (χ4v) is 3.81. The Labute approximate surface area is 192 Å². The van der Waals surface area contributed by atoms with Gasteiger partial charge in [0.1, 0.15) is 5.75 Å². The van der Waals surface area contributed by atoms with Crippen LogP contribution < -0.4 is 10.1 Å². The van der Waals surface area contributed by atoms with Crippen LogP contribution in [0.5, 0.6) is 11.6 Å². The van der Waals surface area contributed by atoms with E-state index < -0.39 is 0 Å². The predicted octanol–water partition coefficient (Wildman–Crippen LogP) is 6.19. The van der Waals surface area contributed by atoms with Crippen molar-refractivity contribution in [3.05, 3.63) is 82.8 Å². The summed E-state index contributed by atoms with van der Waals surface area (Å²) in [6.45, 7) is 5.44. The van der Waals surface area contributed by atoms with Gasteiger partial charge >= 0.3 is 6.03 Å². The number of likely N-dealkylation sites (tertiary alicyclic amines) is 1. The molecule has 1 aliphatic heterocycles. The molecule has 1 atom stereocenters. The second-order valence-corrected chi connectivity index (χ2v) is 8.42. The van der Waals surface area contributed by atoms with E-state index >= 15 is 0 Å². The molecule has 1 aliphatic rings. The van der Waals surface area contributed by atoms with Crippen LogP contribution in [0.25, 0.3) is 6.08 Å². The fourth-order valence-electron chi connectivity index (χ4n) is 3.70. The molecule has 1 saturated heterocycles. The number of ether oxygens (including phenoxy) is 1. The van der Waals surface area contributed by atoms with Crippen molar-refractivity contribution >= 4 is 29.4 Å². The van der Waals surface area contributed by atoms with Crippen LogP contribution in [-0.2, 0) is 0 Å². The molecule has 3 heterocycles. The number of aryl methyl sites for hydroxylation is 1. The third-order valence-corrected chi connectivity index (χ3v) is 5.57. The number of halogens is 1. The van der Waals surface area contributed by atoms with Crippen LogP contribution in [0.2, 0.25) is 5.02 Å². The number of hydrogen-bond donors (Lipinski definition) is 1. The zero-order valence-corrected chi connectivity index (χ0v) is 18.8. The Hall–Kier alpha value is -3.38. The summed E-state index contributed by atoms with van der Waals surface area (Å²) in [6, 6.07) is 13.2. The first-order chi connectivity index (χ1) is 15.5. The molecule has 6 nitrogen and oxygen atoms in total. The Morgan fingerprint density at radius 1 is 1.22 bits per heavy atom. The largest absolute Gasteiger partial charge is 0.439 e. The lowest BCUT2D eigenvalue weighted by atomic mass is 9.91. The number of nitrogens with zero attached hydrogens (tertiary/aromatic N) is 3. The highest BCUT2D eigenvalue weighted by atomic mass is 35.5. The van der Waals surface area contributed by atoms with Gasteiger partial charge in [0, 0.05) is 31.5 Å². The number of amides is 2. The Morgan fingerprint density at radius 3 is 2.84 bits per heavy atom. The molecule has 0 bridgehead atoms. The maximum Gasteiger partial charge on any atom is 0.321 e. The minimum Gasteiger partial charge on any atom is -0.439 e. The van der Waals surface area contributed by atoms with Crippen molar-refractivity contribution in [3.63, 3.8) is 0 Å². The second kappa shape index (κ2) is 9.83. The van der Waals surface area contributed by atoms with Gasteiger partial charge in [-0.05, 0) is 54.7 Å². The minimum absolute atomic E-state index is 0.0887. The molecule has 0 spiro atoms. The summed E-state index contributed by atoms with van der Waals surface area (Å²) in [5.41, 5.74) is 4.10. The van der Waals surface area contributed by atoms with Crippen LogP contribution in [0.1, 0.15) is 24.5 Å². The minimum atomic E-state index is -0.0887. The van der Waals surface area contributed by atoms with Crippen LogP contribution >= 0.6 is 11.6 Å². The quantitative estimate of drug-likeness (QED) is 0.516. The number of pyridine rings is 2. The van der Waals surface area contributed by atoms with Crippen molar-refractivity contribution in [2.24, 2.45) is 5.92 Å². The van der Waals surface area contributed by atoms with Crippen molar-refractivity contribution in [1.82, 2.24) is 14.9 Å². The maximum atomic E-state index is 12.7. The highest BCUT2D eigenvalue weighted by Gasteiger charge is 2.24. The maximum absolute atomic E-state index is 12.7. The predicted molar refractivity (Wildman–Crippen MR) is 127 cm³/mol. The molecule has 0 saturated carbocycles. The summed E-state index contributed by atoms with van der Waals surface area (Å²) >= 11 is 5.88. The normalized spacial score (nSPS) is 17.3. The van der Waals surface area contributed by atoms with E-state index in [2.05, 4.69) is 28.3 Å². The molecule has 1 fully saturated rings. The second-order valence-electron chi connectivity index (χ2n) is 7.99. The molecule has 1 aromatic carbocycles. The molecule has 1 N–H and O–H groups in total. The van der Waals surface area contributed by atoms with Crippen molar-refractivity contribution in [1.29, 1.82) is 0 Å². The summed E-state index contributed by atoms with van der Waals surface area (Å²) < 4.78 is 5.84. The molecular weight excluding hydrogens is 424 g/mol. The average molecular weight is 449 g/mol. The first-order valence-corrected chi connectivity index (χ1v) is 10.9. The number of piperidine rings is 1. The van der Waals surface area contributed by atoms with Gasteiger partial charge < -0.3 is 15.0 Å². The van der Waals surface area contributed by atoms with Gasteiger partial charge in [-0.15, -0.1) is 0 Å². The van der Waals surface area contributed by atoms with Gasteiger partial charge in [-0.3, -0.25) is 4.98 Å². The van der Waals surface area contributed by atoms with Gasteiger partial charge in [-0.25, -0.2) is 9.78 Å². The Kier molecular flexibility index (Phi) is 6.71. The summed E-state index contributed by atoms with van der Waals surface area (Å²) in [6.07, 6.45) is 8.00. The third kappa shape index (κ3) is 5.65. The van der Waals surface area contributed by atoms with Crippen LogP contribution in [0.4, 0.5) is 10.5 Å². The van der Waals surface area contributed by atoms with Gasteiger partial charge in [0.2, 0.25) is 5.88 Å². The number of carbonyl (C=O) groups is 1. The molecule has 1 unspecified atom stereocenters. The first kappa shape index (κ1) is 21.8. The van der Waals surface area contributed by atoms with Crippen molar-refractivity contribution in [2.45, 2.75) is 20.3 Å². The van der Waals surface area contributed by atoms with Crippen molar-refractivity contribution in [3.8, 4) is 11.6 Å². The van der Waals surface area contributed by atoms with E-state index in [0.29, 0.717) is 29.7 Å². The Bertz CT molecular complexity index is 1130. The van der Waals surface area contributed by atoms with E-state index in [-0.39, 0.29) is 11.9 Å². The molecule has 3 aromatic rings. The lowest BCUT2D eigenvalue weighted by Crippen LogP contribution is -2.42. The van der Waals surface area contributed by atoms with E-state index in [1.807, 2.05) is 42.2 Å². The summed E-state index contributed by atoms with van der Waals surface area (Å²) in [4.78, 5) is 22.8. The first-order valence-electron chi connectivity index (χ1n) is 10.5. The van der Waals surface area contributed by atoms with Gasteiger partial charge in [-0.2, -0.15) is 0 Å². The van der Waals surface area contributed by atoms with Gasteiger partial charge in [-0.1, -0.05) is 42.3 Å². The Balaban J connectivity index is 1.39. The number of nitrogens with one attached hydrogen (secondary N) is 1. The smallest absolute Gasteiger partial charge is 0.321 e. The van der Waals surface area contributed by atoms with Gasteiger partial charge in [0.05, 0.1) is 16.9 Å². The molecule has 2 amide bonds. The number of urea groups is 1. The number of hydrogen-bond acceptors (Lipinski definition) is 4. The molecular formula is C25H25ClN4O2. The molecule has 164 valence electrons.